The molecule has 0 aliphatic carbocycles. The Kier molecular flexibility index (Phi) is 10.2. The highest BCUT2D eigenvalue weighted by atomic mass is 16.7. The first-order valence-corrected chi connectivity index (χ1v) is 9.77. The molecule has 5 nitrogen and oxygen atoms in total. The molecule has 1 N–H and O–H groups in total. The normalized spacial score (nSPS) is 11.4. The lowest BCUT2D eigenvalue weighted by Crippen LogP contribution is -2.26. The Balaban J connectivity index is 2.46. The predicted octanol–water partition coefficient (Wildman–Crippen LogP) is 5.49. The minimum atomic E-state index is -0.768. The Morgan fingerprint density at radius 3 is 2.41 bits per heavy atom. The second-order valence-electron chi connectivity index (χ2n) is 7.50. The largest absolute Gasteiger partial charge is 0.514 e. The van der Waals surface area contributed by atoms with E-state index in [2.05, 4.69) is 12.2 Å². The van der Waals surface area contributed by atoms with Gasteiger partial charge in [-0.3, -0.25) is 4.79 Å². The molecule has 150 valence electrons. The minimum absolute atomic E-state index is 0.157. The van der Waals surface area contributed by atoms with Crippen LogP contribution in [0, 0.1) is 0 Å². The van der Waals surface area contributed by atoms with Crippen LogP contribution in [0.5, 0.6) is 5.75 Å². The molecule has 0 spiro atoms. The van der Waals surface area contributed by atoms with Crippen molar-refractivity contribution in [3.8, 4) is 5.75 Å². The highest BCUT2D eigenvalue weighted by molar-refractivity contribution is 5.92. The zero-order chi connectivity index (χ0) is 20.1. The van der Waals surface area contributed by atoms with Crippen molar-refractivity contribution in [3.63, 3.8) is 0 Å². The number of carbonyl (C=O) groups excluding carboxylic acids is 2. The van der Waals surface area contributed by atoms with E-state index >= 15 is 0 Å². The van der Waals surface area contributed by atoms with Crippen LogP contribution in [0.3, 0.4) is 0 Å². The average molecular weight is 376 g/mol. The molecule has 5 heteroatoms. The van der Waals surface area contributed by atoms with Gasteiger partial charge in [-0.05, 0) is 39.3 Å². The van der Waals surface area contributed by atoms with Crippen molar-refractivity contribution in [3.05, 3.63) is 35.9 Å². The molecule has 0 fully saturated rings. The van der Waals surface area contributed by atoms with Gasteiger partial charge in [0, 0.05) is 18.2 Å². The Morgan fingerprint density at radius 2 is 1.70 bits per heavy atom. The minimum Gasteiger partial charge on any atom is -0.428 e. The van der Waals surface area contributed by atoms with Crippen molar-refractivity contribution < 1.29 is 19.1 Å². The van der Waals surface area contributed by atoms with E-state index in [1.807, 2.05) is 6.07 Å². The van der Waals surface area contributed by atoms with Crippen molar-refractivity contribution in [1.29, 1.82) is 0 Å². The number of rotatable bonds is 10. The highest BCUT2D eigenvalue weighted by Gasteiger charge is 2.18. The maximum Gasteiger partial charge on any atom is 0.514 e. The molecule has 0 heterocycles. The fourth-order valence-electron chi connectivity index (χ4n) is 2.41. The van der Waals surface area contributed by atoms with Crippen LogP contribution in [-0.2, 0) is 9.53 Å². The molecule has 1 amide bonds. The van der Waals surface area contributed by atoms with E-state index in [4.69, 9.17) is 9.47 Å². The number of hydrogen-bond donors (Lipinski definition) is 1. The van der Waals surface area contributed by atoms with E-state index in [-0.39, 0.29) is 5.91 Å². The summed E-state index contributed by atoms with van der Waals surface area (Å²) in [5.74, 6) is 0.197. The molecule has 27 heavy (non-hydrogen) atoms. The molecule has 0 saturated heterocycles. The van der Waals surface area contributed by atoms with Crippen molar-refractivity contribution in [2.24, 2.45) is 0 Å². The monoisotopic (exact) mass is 375 g/mol. The molecular weight excluding hydrogens is 342 g/mol. The first kappa shape index (κ1) is 22.7. The molecule has 1 aromatic carbocycles. The predicted molar refractivity (Wildman–Crippen MR) is 109 cm³/mol. The van der Waals surface area contributed by atoms with Gasteiger partial charge in [0.2, 0.25) is 5.91 Å². The van der Waals surface area contributed by atoms with Crippen LogP contribution >= 0.6 is 0 Å². The number of hydrogen-bond acceptors (Lipinski definition) is 4. The van der Waals surface area contributed by atoms with Gasteiger partial charge in [0.15, 0.2) is 0 Å². The van der Waals surface area contributed by atoms with Gasteiger partial charge in [0.1, 0.15) is 11.4 Å². The highest BCUT2D eigenvalue weighted by Crippen LogP contribution is 2.21. The Hall–Kier alpha value is -2.30. The van der Waals surface area contributed by atoms with Crippen molar-refractivity contribution >= 4 is 18.1 Å². The van der Waals surface area contributed by atoms with E-state index in [9.17, 15) is 9.59 Å². The maximum atomic E-state index is 11.9. The number of nitrogens with one attached hydrogen (secondary N) is 1. The summed E-state index contributed by atoms with van der Waals surface area (Å²) in [5.41, 5.74) is 0.0104. The summed E-state index contributed by atoms with van der Waals surface area (Å²) >= 11 is 0. The van der Waals surface area contributed by atoms with Crippen molar-refractivity contribution in [1.82, 2.24) is 5.32 Å². The van der Waals surface area contributed by atoms with Crippen molar-refractivity contribution in [2.45, 2.75) is 71.8 Å². The van der Waals surface area contributed by atoms with Crippen LogP contribution in [0.2, 0.25) is 0 Å². The zero-order valence-electron chi connectivity index (χ0n) is 17.0. The summed E-state index contributed by atoms with van der Waals surface area (Å²) in [5, 5.41) is 2.88. The van der Waals surface area contributed by atoms with Gasteiger partial charge >= 0.3 is 6.16 Å². The quantitative estimate of drug-likeness (QED) is 0.254. The number of benzene rings is 1. The zero-order valence-corrected chi connectivity index (χ0v) is 17.0. The Morgan fingerprint density at radius 1 is 1.04 bits per heavy atom. The van der Waals surface area contributed by atoms with Crippen LogP contribution < -0.4 is 10.1 Å². The van der Waals surface area contributed by atoms with Gasteiger partial charge < -0.3 is 14.8 Å². The van der Waals surface area contributed by atoms with E-state index in [1.165, 1.54) is 31.8 Å². The second kappa shape index (κ2) is 12.2. The van der Waals surface area contributed by atoms with Gasteiger partial charge in [-0.1, -0.05) is 57.2 Å². The van der Waals surface area contributed by atoms with Crippen LogP contribution in [0.4, 0.5) is 4.79 Å². The number of carbonyl (C=O) groups is 2. The summed E-state index contributed by atoms with van der Waals surface area (Å²) in [7, 11) is 0. The number of unbranched alkanes of at least 4 members (excludes halogenated alkanes) is 5. The summed E-state index contributed by atoms with van der Waals surface area (Å²) in [6.45, 7) is 8.19. The first-order valence-electron chi connectivity index (χ1n) is 9.77. The molecule has 0 aromatic heterocycles. The molecule has 1 rings (SSSR count). The lowest BCUT2D eigenvalue weighted by molar-refractivity contribution is -0.116. The molecule has 1 aromatic rings. The van der Waals surface area contributed by atoms with Gasteiger partial charge in [0.05, 0.1) is 0 Å². The molecule has 0 saturated carbocycles. The molecule has 0 radical (unpaired) electrons. The van der Waals surface area contributed by atoms with Gasteiger partial charge in [-0.2, -0.15) is 0 Å². The molecule has 0 aliphatic rings. The molecule has 0 aliphatic heterocycles. The fourth-order valence-corrected chi connectivity index (χ4v) is 2.41. The van der Waals surface area contributed by atoms with Crippen LogP contribution in [0.15, 0.2) is 30.3 Å². The smallest absolute Gasteiger partial charge is 0.428 e. The third-order valence-corrected chi connectivity index (χ3v) is 3.75. The number of para-hydroxylation sites is 1. The van der Waals surface area contributed by atoms with E-state index in [1.54, 1.807) is 45.0 Å². The van der Waals surface area contributed by atoms with E-state index < -0.39 is 11.8 Å². The molecule has 0 unspecified atom stereocenters. The summed E-state index contributed by atoms with van der Waals surface area (Å²) in [4.78, 5) is 23.8. The lowest BCUT2D eigenvalue weighted by Gasteiger charge is -2.19. The third-order valence-electron chi connectivity index (χ3n) is 3.75. The van der Waals surface area contributed by atoms with E-state index in [0.29, 0.717) is 17.9 Å². The van der Waals surface area contributed by atoms with E-state index in [0.717, 1.165) is 12.8 Å². The fraction of sp³-hybridized carbons (Fsp3) is 0.545. The second-order valence-corrected chi connectivity index (χ2v) is 7.50. The molecule has 0 atom stereocenters. The molecule has 0 bridgehead atoms. The summed E-state index contributed by atoms with van der Waals surface area (Å²) < 4.78 is 10.4. The van der Waals surface area contributed by atoms with Crippen LogP contribution in [0.25, 0.3) is 6.08 Å². The van der Waals surface area contributed by atoms with Crippen molar-refractivity contribution in [2.75, 3.05) is 6.54 Å². The third kappa shape index (κ3) is 11.1. The lowest BCUT2D eigenvalue weighted by atomic mass is 10.1. The number of ether oxygens (including phenoxy) is 2. The number of amides is 1. The van der Waals surface area contributed by atoms with Crippen LogP contribution in [-0.4, -0.2) is 24.2 Å². The Bertz CT molecular complexity index is 617. The molecular formula is C22H33NO4. The summed E-state index contributed by atoms with van der Waals surface area (Å²) in [6, 6.07) is 7.01. The summed E-state index contributed by atoms with van der Waals surface area (Å²) in [6.07, 6.45) is 9.44. The SMILES string of the molecule is CCCCCCCCNC(=O)/C=C/c1ccccc1OC(=O)OC(C)(C)C. The topological polar surface area (TPSA) is 64.6 Å². The van der Waals surface area contributed by atoms with Gasteiger partial charge in [-0.25, -0.2) is 4.79 Å². The Labute approximate surface area is 163 Å². The maximum absolute atomic E-state index is 11.9. The van der Waals surface area contributed by atoms with Gasteiger partial charge in [0.25, 0.3) is 0 Å². The first-order chi connectivity index (χ1) is 12.8. The standard InChI is InChI=1S/C22H33NO4/c1-5-6-7-8-9-12-17-23-20(24)16-15-18-13-10-11-14-19(18)26-21(25)27-22(2,3)4/h10-11,13-16H,5-9,12,17H2,1-4H3,(H,23,24)/b16-15+. The van der Waals surface area contributed by atoms with Gasteiger partial charge in [-0.15, -0.1) is 0 Å². The van der Waals surface area contributed by atoms with Crippen LogP contribution in [0.1, 0.15) is 71.8 Å². The average Bonchev–Trinajstić information content (AvgIpc) is 2.58.